The molecule has 4 rings (SSSR count). The molecular weight excluding hydrogens is 417 g/mol. The van der Waals surface area contributed by atoms with Gasteiger partial charge in [0.2, 0.25) is 0 Å². The minimum Gasteiger partial charge on any atom is -0.393 e. The maximum atomic E-state index is 13.0. The summed E-state index contributed by atoms with van der Waals surface area (Å²) in [6, 6.07) is 12.3. The zero-order valence-electron chi connectivity index (χ0n) is 15.2. The number of nitrogens with one attached hydrogen (secondary N) is 2. The van der Waals surface area contributed by atoms with E-state index in [9.17, 15) is 13.2 Å². The lowest BCUT2D eigenvalue weighted by Crippen LogP contribution is -2.08. The standard InChI is InChI=1S/C20H14ClF3N6/c21-13-7-6-12(20(22,23)24)9-15(13)30-19-16(25)18(27-10-28-19)29-14-5-1-3-11-4-2-8-26-17(11)14/h1-10H,25H2,(H2,27,28,29,30). The number of pyridine rings is 1. The van der Waals surface area contributed by atoms with E-state index < -0.39 is 11.7 Å². The van der Waals surface area contributed by atoms with Crippen LogP contribution in [0, 0.1) is 0 Å². The minimum atomic E-state index is -4.51. The molecule has 0 radical (unpaired) electrons. The smallest absolute Gasteiger partial charge is 0.393 e. The van der Waals surface area contributed by atoms with E-state index in [-0.39, 0.29) is 28.0 Å². The van der Waals surface area contributed by atoms with Crippen LogP contribution in [0.2, 0.25) is 5.02 Å². The molecular formula is C20H14ClF3N6. The lowest BCUT2D eigenvalue weighted by atomic mass is 10.2. The minimum absolute atomic E-state index is 0.0228. The van der Waals surface area contributed by atoms with Crippen LogP contribution in [0.4, 0.5) is 41.9 Å². The first-order valence-corrected chi connectivity index (χ1v) is 9.06. The van der Waals surface area contributed by atoms with Crippen molar-refractivity contribution >= 4 is 51.2 Å². The molecule has 2 aromatic heterocycles. The largest absolute Gasteiger partial charge is 0.416 e. The quantitative estimate of drug-likeness (QED) is 0.381. The summed E-state index contributed by atoms with van der Waals surface area (Å²) in [6.07, 6.45) is -1.60. The number of nitrogens with two attached hydrogens (primary N) is 1. The number of nitrogen functional groups attached to an aromatic ring is 1. The molecule has 2 aromatic carbocycles. The molecule has 0 unspecified atom stereocenters. The summed E-state index contributed by atoms with van der Waals surface area (Å²) < 4.78 is 39.0. The molecule has 0 amide bonds. The average Bonchev–Trinajstić information content (AvgIpc) is 2.72. The molecule has 0 saturated carbocycles. The molecule has 0 saturated heterocycles. The SMILES string of the molecule is Nc1c(Nc2cc(C(F)(F)F)ccc2Cl)ncnc1Nc1cccc2cccnc12. The highest BCUT2D eigenvalue weighted by molar-refractivity contribution is 6.33. The van der Waals surface area contributed by atoms with Gasteiger partial charge in [-0.25, -0.2) is 9.97 Å². The average molecular weight is 431 g/mol. The molecule has 30 heavy (non-hydrogen) atoms. The van der Waals surface area contributed by atoms with Gasteiger partial charge in [-0.05, 0) is 30.3 Å². The third-order valence-corrected chi connectivity index (χ3v) is 4.65. The number of benzene rings is 2. The van der Waals surface area contributed by atoms with Crippen LogP contribution in [0.1, 0.15) is 5.56 Å². The Kier molecular flexibility index (Phi) is 5.04. The first kappa shape index (κ1) is 19.7. The Morgan fingerprint density at radius 3 is 2.30 bits per heavy atom. The van der Waals surface area contributed by atoms with Crippen LogP contribution in [0.5, 0.6) is 0 Å². The van der Waals surface area contributed by atoms with Crippen molar-refractivity contribution in [2.75, 3.05) is 16.4 Å². The Balaban J connectivity index is 1.67. The normalized spacial score (nSPS) is 11.5. The van der Waals surface area contributed by atoms with Gasteiger partial charge in [-0.2, -0.15) is 13.2 Å². The second-order valence-corrected chi connectivity index (χ2v) is 6.71. The van der Waals surface area contributed by atoms with Crippen molar-refractivity contribution in [1.82, 2.24) is 15.0 Å². The molecule has 0 aliphatic heterocycles. The maximum Gasteiger partial charge on any atom is 0.416 e. The van der Waals surface area contributed by atoms with E-state index in [0.29, 0.717) is 11.2 Å². The van der Waals surface area contributed by atoms with Crippen molar-refractivity contribution in [3.05, 3.63) is 71.6 Å². The summed E-state index contributed by atoms with van der Waals surface area (Å²) in [7, 11) is 0. The van der Waals surface area contributed by atoms with Gasteiger partial charge in [-0.3, -0.25) is 4.98 Å². The van der Waals surface area contributed by atoms with Crippen LogP contribution in [0.15, 0.2) is 61.1 Å². The van der Waals surface area contributed by atoms with Gasteiger partial charge in [0.1, 0.15) is 12.0 Å². The second kappa shape index (κ2) is 7.68. The number of aromatic nitrogens is 3. The number of nitrogens with zero attached hydrogens (tertiary/aromatic N) is 3. The monoisotopic (exact) mass is 430 g/mol. The van der Waals surface area contributed by atoms with Crippen molar-refractivity contribution in [2.45, 2.75) is 6.18 Å². The molecule has 0 aliphatic carbocycles. The summed E-state index contributed by atoms with van der Waals surface area (Å²) in [6.45, 7) is 0. The lowest BCUT2D eigenvalue weighted by Gasteiger charge is -2.15. The van der Waals surface area contributed by atoms with E-state index in [1.807, 2.05) is 30.3 Å². The molecule has 0 spiro atoms. The molecule has 0 aliphatic rings. The van der Waals surface area contributed by atoms with Crippen LogP contribution in [0.25, 0.3) is 10.9 Å². The predicted molar refractivity (Wildman–Crippen MR) is 111 cm³/mol. The summed E-state index contributed by atoms with van der Waals surface area (Å²) in [4.78, 5) is 12.5. The number of fused-ring (bicyclic) bond motifs is 1. The van der Waals surface area contributed by atoms with Crippen LogP contribution in [-0.2, 0) is 6.18 Å². The van der Waals surface area contributed by atoms with Crippen molar-refractivity contribution in [1.29, 1.82) is 0 Å². The Hall–Kier alpha value is -3.59. The summed E-state index contributed by atoms with van der Waals surface area (Å²) in [5, 5.41) is 6.86. The van der Waals surface area contributed by atoms with Crippen molar-refractivity contribution in [3.63, 3.8) is 0 Å². The Bertz CT molecular complexity index is 1220. The van der Waals surface area contributed by atoms with E-state index in [4.69, 9.17) is 17.3 Å². The van der Waals surface area contributed by atoms with Gasteiger partial charge in [0, 0.05) is 11.6 Å². The van der Waals surface area contributed by atoms with E-state index in [1.165, 1.54) is 6.33 Å². The van der Waals surface area contributed by atoms with E-state index >= 15 is 0 Å². The van der Waals surface area contributed by atoms with Crippen molar-refractivity contribution in [3.8, 4) is 0 Å². The maximum absolute atomic E-state index is 13.0. The highest BCUT2D eigenvalue weighted by atomic mass is 35.5. The van der Waals surface area contributed by atoms with Crippen LogP contribution >= 0.6 is 11.6 Å². The Morgan fingerprint density at radius 2 is 1.57 bits per heavy atom. The Morgan fingerprint density at radius 1 is 0.867 bits per heavy atom. The molecule has 0 bridgehead atoms. The highest BCUT2D eigenvalue weighted by Crippen LogP contribution is 2.36. The second-order valence-electron chi connectivity index (χ2n) is 6.31. The van der Waals surface area contributed by atoms with Gasteiger partial charge in [0.25, 0.3) is 0 Å². The van der Waals surface area contributed by atoms with Gasteiger partial charge in [-0.15, -0.1) is 0 Å². The van der Waals surface area contributed by atoms with Gasteiger partial charge >= 0.3 is 6.18 Å². The third kappa shape index (κ3) is 3.92. The van der Waals surface area contributed by atoms with E-state index in [2.05, 4.69) is 25.6 Å². The first-order valence-electron chi connectivity index (χ1n) is 8.68. The van der Waals surface area contributed by atoms with Gasteiger partial charge in [-0.1, -0.05) is 29.8 Å². The highest BCUT2D eigenvalue weighted by Gasteiger charge is 2.31. The number of para-hydroxylation sites is 1. The number of hydrogen-bond donors (Lipinski definition) is 3. The predicted octanol–water partition coefficient (Wildman–Crippen LogP) is 5.77. The third-order valence-electron chi connectivity index (χ3n) is 4.32. The van der Waals surface area contributed by atoms with Crippen molar-refractivity contribution in [2.24, 2.45) is 0 Å². The number of anilines is 5. The molecule has 6 nitrogen and oxygen atoms in total. The van der Waals surface area contributed by atoms with Gasteiger partial charge in [0.05, 0.1) is 27.5 Å². The zero-order chi connectivity index (χ0) is 21.3. The molecule has 4 N–H and O–H groups in total. The fourth-order valence-corrected chi connectivity index (χ4v) is 3.02. The summed E-state index contributed by atoms with van der Waals surface area (Å²) in [5.74, 6) is 0.385. The number of alkyl halides is 3. The topological polar surface area (TPSA) is 88.8 Å². The fourth-order valence-electron chi connectivity index (χ4n) is 2.85. The van der Waals surface area contributed by atoms with Gasteiger partial charge in [0.15, 0.2) is 11.6 Å². The van der Waals surface area contributed by atoms with Crippen LogP contribution < -0.4 is 16.4 Å². The van der Waals surface area contributed by atoms with Crippen molar-refractivity contribution < 1.29 is 13.2 Å². The number of halogens is 4. The van der Waals surface area contributed by atoms with E-state index in [1.54, 1.807) is 6.20 Å². The summed E-state index contributed by atoms with van der Waals surface area (Å²) >= 11 is 6.05. The van der Waals surface area contributed by atoms with E-state index in [0.717, 1.165) is 23.6 Å². The molecule has 152 valence electrons. The zero-order valence-corrected chi connectivity index (χ0v) is 16.0. The molecule has 0 atom stereocenters. The summed E-state index contributed by atoms with van der Waals surface area (Å²) in [5.41, 5.74) is 6.83. The van der Waals surface area contributed by atoms with Gasteiger partial charge < -0.3 is 16.4 Å². The first-order chi connectivity index (χ1) is 14.3. The fraction of sp³-hybridized carbons (Fsp3) is 0.0500. The lowest BCUT2D eigenvalue weighted by molar-refractivity contribution is -0.137. The van der Waals surface area contributed by atoms with Crippen LogP contribution in [0.3, 0.4) is 0 Å². The molecule has 10 heteroatoms. The number of rotatable bonds is 4. The molecule has 2 heterocycles. The molecule has 0 fully saturated rings. The van der Waals surface area contributed by atoms with Crippen LogP contribution in [-0.4, -0.2) is 15.0 Å². The molecule has 4 aromatic rings. The number of hydrogen-bond acceptors (Lipinski definition) is 6. The Labute approximate surface area is 173 Å².